The zero-order valence-electron chi connectivity index (χ0n) is 10.6. The van der Waals surface area contributed by atoms with Crippen LogP contribution in [0.3, 0.4) is 0 Å². The van der Waals surface area contributed by atoms with Gasteiger partial charge in [-0.05, 0) is 6.08 Å². The van der Waals surface area contributed by atoms with Gasteiger partial charge in [0.2, 0.25) is 0 Å². The van der Waals surface area contributed by atoms with Crippen LogP contribution in [-0.4, -0.2) is 39.1 Å². The Bertz CT molecular complexity index is 676. The summed E-state index contributed by atoms with van der Waals surface area (Å²) in [5.41, 5.74) is -1.09. The maximum Gasteiger partial charge on any atom is 0.330 e. The molecule has 0 amide bonds. The smallest absolute Gasteiger partial charge is 0.330 e. The molecule has 7 nitrogen and oxygen atoms in total. The van der Waals surface area contributed by atoms with E-state index in [0.29, 0.717) is 0 Å². The molecule has 1 aromatic heterocycles. The number of rotatable bonds is 3. The van der Waals surface area contributed by atoms with Gasteiger partial charge >= 0.3 is 5.69 Å². The van der Waals surface area contributed by atoms with Crippen molar-refractivity contribution >= 4 is 0 Å². The Labute approximate surface area is 114 Å². The molecule has 0 spiro atoms. The van der Waals surface area contributed by atoms with Crippen molar-refractivity contribution in [1.82, 2.24) is 9.55 Å². The van der Waals surface area contributed by atoms with Crippen molar-refractivity contribution < 1.29 is 14.9 Å². The van der Waals surface area contributed by atoms with Crippen molar-refractivity contribution in [3.05, 3.63) is 44.8 Å². The molecule has 20 heavy (non-hydrogen) atoms. The van der Waals surface area contributed by atoms with Crippen molar-refractivity contribution in [2.45, 2.75) is 18.8 Å². The summed E-state index contributed by atoms with van der Waals surface area (Å²) in [6.45, 7) is -0.286. The van der Waals surface area contributed by atoms with Crippen molar-refractivity contribution in [2.24, 2.45) is 0 Å². The van der Waals surface area contributed by atoms with Crippen LogP contribution in [0.4, 0.5) is 0 Å². The van der Waals surface area contributed by atoms with Gasteiger partial charge in [-0.3, -0.25) is 14.3 Å². The van der Waals surface area contributed by atoms with E-state index in [4.69, 9.17) is 14.9 Å². The van der Waals surface area contributed by atoms with Crippen LogP contribution in [0.1, 0.15) is 18.2 Å². The minimum absolute atomic E-state index is 0.100. The zero-order chi connectivity index (χ0) is 14.5. The Hall–Kier alpha value is -2.14. The molecule has 0 aromatic carbocycles. The molecule has 1 aromatic rings. The Morgan fingerprint density at radius 2 is 2.15 bits per heavy atom. The number of nitrogens with one attached hydrogen (secondary N) is 1. The molecule has 1 aliphatic rings. The Morgan fingerprint density at radius 3 is 2.80 bits per heavy atom. The van der Waals surface area contributed by atoms with Crippen LogP contribution in [0.5, 0.6) is 0 Å². The van der Waals surface area contributed by atoms with Crippen LogP contribution in [0.2, 0.25) is 0 Å². The molecule has 2 rings (SSSR count). The van der Waals surface area contributed by atoms with E-state index in [9.17, 15) is 9.59 Å². The van der Waals surface area contributed by atoms with Gasteiger partial charge in [-0.25, -0.2) is 4.79 Å². The van der Waals surface area contributed by atoms with Crippen LogP contribution in [0.15, 0.2) is 27.9 Å². The highest BCUT2D eigenvalue weighted by Crippen LogP contribution is 2.18. The fourth-order valence-electron chi connectivity index (χ4n) is 1.73. The molecule has 0 aliphatic carbocycles. The lowest BCUT2D eigenvalue weighted by Crippen LogP contribution is -2.33. The largest absolute Gasteiger partial charge is 0.395 e. The van der Waals surface area contributed by atoms with Crippen LogP contribution >= 0.6 is 0 Å². The lowest BCUT2D eigenvalue weighted by molar-refractivity contribution is -0.0103. The van der Waals surface area contributed by atoms with Gasteiger partial charge in [0.1, 0.15) is 11.7 Å². The van der Waals surface area contributed by atoms with Crippen LogP contribution < -0.4 is 11.2 Å². The third-order valence-electron chi connectivity index (χ3n) is 2.69. The Morgan fingerprint density at radius 1 is 1.35 bits per heavy atom. The van der Waals surface area contributed by atoms with E-state index in [-0.39, 0.29) is 25.2 Å². The number of nitrogens with zero attached hydrogens (tertiary/aromatic N) is 1. The summed E-state index contributed by atoms with van der Waals surface area (Å²) < 4.78 is 6.58. The average molecular weight is 278 g/mol. The summed E-state index contributed by atoms with van der Waals surface area (Å²) in [6, 6.07) is 0. The van der Waals surface area contributed by atoms with Gasteiger partial charge in [-0.2, -0.15) is 0 Å². The molecule has 7 heteroatoms. The molecule has 0 bridgehead atoms. The number of hydrogen-bond acceptors (Lipinski definition) is 5. The quantitative estimate of drug-likeness (QED) is 0.472. The van der Waals surface area contributed by atoms with E-state index in [0.717, 1.165) is 0 Å². The first-order valence-electron chi connectivity index (χ1n) is 6.05. The van der Waals surface area contributed by atoms with Gasteiger partial charge in [0.15, 0.2) is 6.23 Å². The highest BCUT2D eigenvalue weighted by Gasteiger charge is 2.21. The predicted molar refractivity (Wildman–Crippen MR) is 70.0 cm³/mol. The number of H-pyrrole nitrogens is 1. The van der Waals surface area contributed by atoms with E-state index < -0.39 is 23.6 Å². The molecule has 0 radical (unpaired) electrons. The minimum Gasteiger partial charge on any atom is -0.395 e. The number of aliphatic hydroxyl groups excluding tert-OH is 2. The van der Waals surface area contributed by atoms with Crippen LogP contribution in [0, 0.1) is 11.8 Å². The monoisotopic (exact) mass is 278 g/mol. The number of aliphatic hydroxyl groups is 2. The van der Waals surface area contributed by atoms with Gasteiger partial charge in [-0.1, -0.05) is 17.9 Å². The fourth-order valence-corrected chi connectivity index (χ4v) is 1.73. The second-order valence-corrected chi connectivity index (χ2v) is 4.12. The van der Waals surface area contributed by atoms with Gasteiger partial charge < -0.3 is 14.9 Å². The summed E-state index contributed by atoms with van der Waals surface area (Å²) in [4.78, 5) is 25.5. The summed E-state index contributed by atoms with van der Waals surface area (Å²) in [5, 5.41) is 17.6. The average Bonchev–Trinajstić information content (AvgIpc) is 2.90. The summed E-state index contributed by atoms with van der Waals surface area (Å²) in [7, 11) is 0. The van der Waals surface area contributed by atoms with Gasteiger partial charge in [0.05, 0.1) is 13.2 Å². The van der Waals surface area contributed by atoms with E-state index in [1.54, 1.807) is 12.2 Å². The maximum atomic E-state index is 11.7. The molecular formula is C13H14N2O5. The van der Waals surface area contributed by atoms with Crippen molar-refractivity contribution in [2.75, 3.05) is 13.2 Å². The lowest BCUT2D eigenvalue weighted by Gasteiger charge is -2.14. The van der Waals surface area contributed by atoms with Crippen molar-refractivity contribution in [3.63, 3.8) is 0 Å². The molecule has 2 heterocycles. The number of aromatic amines is 1. The molecule has 2 atom stereocenters. The minimum atomic E-state index is -0.685. The van der Waals surface area contributed by atoms with Gasteiger partial charge in [0.25, 0.3) is 5.56 Å². The first-order valence-corrected chi connectivity index (χ1v) is 6.05. The number of hydrogen-bond donors (Lipinski definition) is 3. The molecule has 0 saturated heterocycles. The molecule has 0 fully saturated rings. The summed E-state index contributed by atoms with van der Waals surface area (Å²) in [6.07, 6.45) is 3.65. The second kappa shape index (κ2) is 6.34. The third-order valence-corrected chi connectivity index (χ3v) is 2.69. The SMILES string of the molecule is O=c1[nH]c(=O)n([C@H]2C=C[C@@H](CO)O2)cc1C#CCCO. The second-order valence-electron chi connectivity index (χ2n) is 4.12. The summed E-state index contributed by atoms with van der Waals surface area (Å²) in [5.74, 6) is 5.20. The first kappa shape index (κ1) is 14.3. The predicted octanol–water partition coefficient (Wildman–Crippen LogP) is -1.28. The number of ether oxygens (including phenoxy) is 1. The lowest BCUT2D eigenvalue weighted by atomic mass is 10.3. The van der Waals surface area contributed by atoms with Crippen LogP contribution in [0.25, 0.3) is 0 Å². The molecule has 106 valence electrons. The third kappa shape index (κ3) is 3.05. The highest BCUT2D eigenvalue weighted by atomic mass is 16.5. The Kier molecular flexibility index (Phi) is 4.53. The standard InChI is InChI=1S/C13H14N2O5/c16-6-2-1-3-9-7-15(13(19)14-12(9)18)11-5-4-10(8-17)20-11/h4-5,7,10-11,16-17H,2,6,8H2,(H,14,18,19)/t10-,11+/m0/s1. The van der Waals surface area contributed by atoms with Crippen molar-refractivity contribution in [1.29, 1.82) is 0 Å². The fraction of sp³-hybridized carbons (Fsp3) is 0.385. The van der Waals surface area contributed by atoms with E-state index in [1.165, 1.54) is 10.8 Å². The number of aromatic nitrogens is 2. The van der Waals surface area contributed by atoms with E-state index in [1.807, 2.05) is 0 Å². The Balaban J connectivity index is 2.33. The van der Waals surface area contributed by atoms with Gasteiger partial charge in [0, 0.05) is 12.6 Å². The summed E-state index contributed by atoms with van der Waals surface area (Å²) >= 11 is 0. The van der Waals surface area contributed by atoms with Crippen molar-refractivity contribution in [3.8, 4) is 11.8 Å². The highest BCUT2D eigenvalue weighted by molar-refractivity contribution is 5.29. The normalized spacial score (nSPS) is 20.7. The molecular weight excluding hydrogens is 264 g/mol. The topological polar surface area (TPSA) is 105 Å². The van der Waals surface area contributed by atoms with Crippen LogP contribution in [-0.2, 0) is 4.74 Å². The zero-order valence-corrected chi connectivity index (χ0v) is 10.6. The first-order chi connectivity index (χ1) is 9.65. The molecule has 3 N–H and O–H groups in total. The van der Waals surface area contributed by atoms with Gasteiger partial charge in [-0.15, -0.1) is 0 Å². The molecule has 0 saturated carbocycles. The molecule has 1 aliphatic heterocycles. The van der Waals surface area contributed by atoms with E-state index in [2.05, 4.69) is 16.8 Å². The van der Waals surface area contributed by atoms with E-state index >= 15 is 0 Å². The maximum absolute atomic E-state index is 11.7. The molecule has 0 unspecified atom stereocenters.